The average molecular weight is 319 g/mol. The van der Waals surface area contributed by atoms with Crippen LogP contribution in [0.4, 0.5) is 0 Å². The molecule has 0 aliphatic carbocycles. The molecule has 4 nitrogen and oxygen atoms in total. The van der Waals surface area contributed by atoms with E-state index in [1.165, 1.54) is 0 Å². The van der Waals surface area contributed by atoms with Crippen LogP contribution in [0.25, 0.3) is 13.2 Å². The number of phenols is 2. The van der Waals surface area contributed by atoms with Crippen molar-refractivity contribution < 1.29 is 15.0 Å². The van der Waals surface area contributed by atoms with Gasteiger partial charge in [0.25, 0.3) is 0 Å². The van der Waals surface area contributed by atoms with Gasteiger partial charge in [0.15, 0.2) is 0 Å². The van der Waals surface area contributed by atoms with E-state index >= 15 is 0 Å². The Morgan fingerprint density at radius 3 is 2.26 bits per heavy atom. The zero-order chi connectivity index (χ0) is 17.9. The molecule has 0 heterocycles. The number of phenolic OH excluding ortho intramolecular Hbond substituents is 2. The molecular formula is C19H29NO3. The minimum absolute atomic E-state index is 0.00734. The Morgan fingerprint density at radius 2 is 1.74 bits per heavy atom. The van der Waals surface area contributed by atoms with Gasteiger partial charge in [0.2, 0.25) is 5.91 Å². The third kappa shape index (κ3) is 3.87. The number of aromatic hydroxyl groups is 2. The van der Waals surface area contributed by atoms with Crippen LogP contribution in [-0.2, 0) is 10.2 Å². The van der Waals surface area contributed by atoms with E-state index in [1.54, 1.807) is 18.9 Å². The predicted molar refractivity (Wildman–Crippen MR) is 95.0 cm³/mol. The van der Waals surface area contributed by atoms with Gasteiger partial charge in [0.05, 0.1) is 0 Å². The molecule has 0 saturated heterocycles. The first-order valence-electron chi connectivity index (χ1n) is 8.01. The van der Waals surface area contributed by atoms with Crippen molar-refractivity contribution in [3.05, 3.63) is 21.6 Å². The highest BCUT2D eigenvalue weighted by molar-refractivity contribution is 5.77. The molecule has 1 rings (SSSR count). The molecule has 0 atom stereocenters. The van der Waals surface area contributed by atoms with E-state index < -0.39 is 5.41 Å². The summed E-state index contributed by atoms with van der Waals surface area (Å²) in [7, 11) is 1.79. The fourth-order valence-corrected chi connectivity index (χ4v) is 2.81. The quantitative estimate of drug-likeness (QED) is 0.790. The molecule has 0 saturated carbocycles. The fraction of sp³-hybridized carbons (Fsp3) is 0.526. The lowest BCUT2D eigenvalue weighted by atomic mass is 9.78. The van der Waals surface area contributed by atoms with E-state index in [0.29, 0.717) is 28.1 Å². The highest BCUT2D eigenvalue weighted by Gasteiger charge is 2.31. The second-order valence-electron chi connectivity index (χ2n) is 6.88. The molecule has 0 aliphatic heterocycles. The molecule has 1 aromatic rings. The molecule has 4 heteroatoms. The number of carbonyl (C=O) groups excluding carboxylic acids is 1. The van der Waals surface area contributed by atoms with Gasteiger partial charge in [-0.25, -0.2) is 0 Å². The number of benzene rings is 1. The first-order valence-corrected chi connectivity index (χ1v) is 8.01. The smallest absolute Gasteiger partial charge is 0.223 e. The third-order valence-electron chi connectivity index (χ3n) is 4.46. The van der Waals surface area contributed by atoms with Crippen LogP contribution in [-0.4, -0.2) is 34.6 Å². The van der Waals surface area contributed by atoms with Crippen molar-refractivity contribution >= 4 is 19.1 Å². The van der Waals surface area contributed by atoms with Crippen molar-refractivity contribution in [1.82, 2.24) is 4.90 Å². The molecule has 0 fully saturated rings. The highest BCUT2D eigenvalue weighted by atomic mass is 16.3. The second kappa shape index (κ2) is 7.07. The van der Waals surface area contributed by atoms with Crippen LogP contribution in [0.15, 0.2) is 0 Å². The first kappa shape index (κ1) is 19.1. The molecule has 1 aromatic carbocycles. The van der Waals surface area contributed by atoms with Gasteiger partial charge < -0.3 is 15.1 Å². The molecule has 2 N–H and O–H groups in total. The van der Waals surface area contributed by atoms with Gasteiger partial charge in [0, 0.05) is 47.0 Å². The second-order valence-corrected chi connectivity index (χ2v) is 6.88. The summed E-state index contributed by atoms with van der Waals surface area (Å²) < 4.78 is 0. The van der Waals surface area contributed by atoms with Gasteiger partial charge in [-0.2, -0.15) is 0 Å². The monoisotopic (exact) mass is 319 g/mol. The molecule has 0 spiro atoms. The Balaban J connectivity index is 3.22. The average Bonchev–Trinajstić information content (AvgIpc) is 2.47. The molecule has 0 aliphatic rings. The predicted octanol–water partition coefficient (Wildman–Crippen LogP) is 2.15. The third-order valence-corrected chi connectivity index (χ3v) is 4.46. The Kier molecular flexibility index (Phi) is 5.86. The number of rotatable bonds is 6. The molecule has 0 radical (unpaired) electrons. The van der Waals surface area contributed by atoms with Gasteiger partial charge in [-0.1, -0.05) is 40.3 Å². The van der Waals surface area contributed by atoms with E-state index in [4.69, 9.17) is 0 Å². The van der Waals surface area contributed by atoms with Gasteiger partial charge in [0.1, 0.15) is 11.5 Å². The van der Waals surface area contributed by atoms with E-state index in [0.717, 1.165) is 12.8 Å². The number of nitrogens with zero attached hydrogens (tertiary/aromatic N) is 1. The lowest BCUT2D eigenvalue weighted by Crippen LogP contribution is -2.36. The normalized spacial score (nSPS) is 11.5. The molecule has 0 unspecified atom stereocenters. The van der Waals surface area contributed by atoms with Crippen molar-refractivity contribution in [1.29, 1.82) is 0 Å². The lowest BCUT2D eigenvalue weighted by Gasteiger charge is -2.29. The fourth-order valence-electron chi connectivity index (χ4n) is 2.81. The van der Waals surface area contributed by atoms with Crippen molar-refractivity contribution in [2.45, 2.75) is 52.4 Å². The zero-order valence-corrected chi connectivity index (χ0v) is 15.0. The van der Waals surface area contributed by atoms with E-state index in [9.17, 15) is 15.0 Å². The highest BCUT2D eigenvalue weighted by Crippen LogP contribution is 2.31. The Hall–Kier alpha value is -1.97. The van der Waals surface area contributed by atoms with Crippen LogP contribution in [0.1, 0.15) is 51.2 Å². The van der Waals surface area contributed by atoms with Crippen LogP contribution >= 0.6 is 0 Å². The number of hydrogen-bond donors (Lipinski definition) is 2. The summed E-state index contributed by atoms with van der Waals surface area (Å²) in [5.41, 5.74) is 0.345. The summed E-state index contributed by atoms with van der Waals surface area (Å²) in [6.45, 7) is 15.9. The maximum atomic E-state index is 12.4. The Morgan fingerprint density at radius 1 is 1.17 bits per heavy atom. The van der Waals surface area contributed by atoms with Crippen LogP contribution in [0.2, 0.25) is 0 Å². The standard InChI is InChI=1S/C19H29NO3/c1-8-9-10-20(7)15(21)11-19(5,6)16-14(4)17(22)12(2)13(3)18(16)23/h22-23H,3-4,8-11H2,1-2,5-7H3. The molecule has 128 valence electrons. The van der Waals surface area contributed by atoms with Gasteiger partial charge in [-0.15, -0.1) is 0 Å². The number of unbranched alkanes of at least 4 members (excludes halogenated alkanes) is 1. The van der Waals surface area contributed by atoms with Gasteiger partial charge >= 0.3 is 0 Å². The maximum Gasteiger partial charge on any atom is 0.223 e. The van der Waals surface area contributed by atoms with Gasteiger partial charge in [-0.05, 0) is 13.3 Å². The maximum absolute atomic E-state index is 12.4. The first-order chi connectivity index (χ1) is 10.5. The topological polar surface area (TPSA) is 60.8 Å². The lowest BCUT2D eigenvalue weighted by molar-refractivity contribution is -0.131. The van der Waals surface area contributed by atoms with Crippen LogP contribution in [0, 0.1) is 6.92 Å². The van der Waals surface area contributed by atoms with Crippen molar-refractivity contribution in [2.75, 3.05) is 13.6 Å². The molecular weight excluding hydrogens is 290 g/mol. The molecule has 0 bridgehead atoms. The largest absolute Gasteiger partial charge is 0.507 e. The van der Waals surface area contributed by atoms with Crippen molar-refractivity contribution in [2.24, 2.45) is 0 Å². The van der Waals surface area contributed by atoms with Crippen LogP contribution in [0.3, 0.4) is 0 Å². The van der Waals surface area contributed by atoms with Crippen molar-refractivity contribution in [3.8, 4) is 11.5 Å². The Labute approximate surface area is 138 Å². The van der Waals surface area contributed by atoms with Crippen molar-refractivity contribution in [3.63, 3.8) is 0 Å². The number of carbonyl (C=O) groups is 1. The number of hydrogen-bond acceptors (Lipinski definition) is 3. The van der Waals surface area contributed by atoms with Gasteiger partial charge in [-0.3, -0.25) is 4.79 Å². The molecule has 0 aromatic heterocycles. The SMILES string of the molecule is C=c1c(C)c(O)c(=C)c(C(C)(C)CC(=O)N(C)CCCC)c1O. The minimum Gasteiger partial charge on any atom is -0.507 e. The van der Waals surface area contributed by atoms with Crippen LogP contribution in [0.5, 0.6) is 11.5 Å². The van der Waals surface area contributed by atoms with E-state index in [1.807, 2.05) is 13.8 Å². The van der Waals surface area contributed by atoms with Crippen LogP contribution < -0.4 is 10.4 Å². The summed E-state index contributed by atoms with van der Waals surface area (Å²) in [6.07, 6.45) is 2.22. The summed E-state index contributed by atoms with van der Waals surface area (Å²) in [4.78, 5) is 14.2. The van der Waals surface area contributed by atoms with E-state index in [-0.39, 0.29) is 23.8 Å². The molecule has 1 amide bonds. The summed E-state index contributed by atoms with van der Waals surface area (Å²) in [5.74, 6) is 0.0508. The van der Waals surface area contributed by atoms with E-state index in [2.05, 4.69) is 20.1 Å². The Bertz CT molecular complexity index is 692. The number of amides is 1. The summed E-state index contributed by atoms with van der Waals surface area (Å²) >= 11 is 0. The summed E-state index contributed by atoms with van der Waals surface area (Å²) in [6, 6.07) is 0. The summed E-state index contributed by atoms with van der Waals surface area (Å²) in [5, 5.41) is 21.4. The molecule has 23 heavy (non-hydrogen) atoms. The zero-order valence-electron chi connectivity index (χ0n) is 15.0. The minimum atomic E-state index is -0.656.